The number of thiocarbonyl (C=S) groups is 1. The first-order chi connectivity index (χ1) is 15.2. The second-order valence-corrected chi connectivity index (χ2v) is 7.43. The molecule has 1 aliphatic rings. The van der Waals surface area contributed by atoms with Crippen molar-refractivity contribution in [2.24, 2.45) is 0 Å². The van der Waals surface area contributed by atoms with Crippen LogP contribution in [0.3, 0.4) is 0 Å². The second-order valence-electron chi connectivity index (χ2n) is 6.64. The lowest BCUT2D eigenvalue weighted by atomic mass is 10.1. The number of carboxylic acids is 1. The SMILES string of the molecule is O=C1NC(=S)N(c2ccc(F)cc2)C(=O)/C1=C/c1ccc(-c2cc(C(=O)O)ccc2Cl)o1. The Morgan fingerprint density at radius 3 is 2.53 bits per heavy atom. The number of hydrogen-bond acceptors (Lipinski definition) is 5. The van der Waals surface area contributed by atoms with Crippen molar-refractivity contribution in [1.82, 2.24) is 5.32 Å². The van der Waals surface area contributed by atoms with E-state index in [4.69, 9.17) is 28.2 Å². The Morgan fingerprint density at radius 1 is 1.12 bits per heavy atom. The van der Waals surface area contributed by atoms with Gasteiger partial charge in [0, 0.05) is 5.56 Å². The number of benzene rings is 2. The van der Waals surface area contributed by atoms with Crippen LogP contribution in [0.25, 0.3) is 17.4 Å². The summed E-state index contributed by atoms with van der Waals surface area (Å²) in [5.41, 5.74) is 0.384. The molecule has 0 unspecified atom stereocenters. The molecule has 2 N–H and O–H groups in total. The summed E-state index contributed by atoms with van der Waals surface area (Å²) < 4.78 is 18.9. The highest BCUT2D eigenvalue weighted by atomic mass is 35.5. The van der Waals surface area contributed by atoms with Gasteiger partial charge in [-0.1, -0.05) is 11.6 Å². The maximum Gasteiger partial charge on any atom is 0.335 e. The minimum absolute atomic E-state index is 0.0194. The molecular weight excluding hydrogens is 459 g/mol. The molecule has 2 heterocycles. The summed E-state index contributed by atoms with van der Waals surface area (Å²) in [7, 11) is 0. The van der Waals surface area contributed by atoms with Crippen LogP contribution < -0.4 is 10.2 Å². The van der Waals surface area contributed by atoms with Crippen LogP contribution in [0.1, 0.15) is 16.1 Å². The summed E-state index contributed by atoms with van der Waals surface area (Å²) in [6.07, 6.45) is 1.23. The third kappa shape index (κ3) is 4.03. The molecule has 0 saturated carbocycles. The molecule has 0 radical (unpaired) electrons. The maximum absolute atomic E-state index is 13.2. The zero-order valence-electron chi connectivity index (χ0n) is 16.0. The fourth-order valence-corrected chi connectivity index (χ4v) is 3.54. The van der Waals surface area contributed by atoms with Gasteiger partial charge in [-0.25, -0.2) is 9.18 Å². The normalized spacial score (nSPS) is 15.2. The molecule has 7 nitrogen and oxygen atoms in total. The number of nitrogens with one attached hydrogen (secondary N) is 1. The van der Waals surface area contributed by atoms with Crippen LogP contribution in [-0.4, -0.2) is 28.0 Å². The minimum Gasteiger partial charge on any atom is -0.478 e. The number of halogens is 2. The summed E-state index contributed by atoms with van der Waals surface area (Å²) >= 11 is 11.3. The van der Waals surface area contributed by atoms with E-state index < -0.39 is 23.6 Å². The van der Waals surface area contributed by atoms with Crippen LogP contribution in [0.15, 0.2) is 64.6 Å². The summed E-state index contributed by atoms with van der Waals surface area (Å²) in [4.78, 5) is 37.7. The molecule has 0 atom stereocenters. The van der Waals surface area contributed by atoms with Crippen molar-refractivity contribution in [3.63, 3.8) is 0 Å². The summed E-state index contributed by atoms with van der Waals surface area (Å²) in [6.45, 7) is 0. The molecule has 1 aliphatic heterocycles. The standard InChI is InChI=1S/C22H12ClFN2O5S/c23-17-7-1-11(21(29)30)9-15(17)18-8-6-14(31-18)10-16-19(27)25-22(32)26(20(16)28)13-4-2-12(24)3-5-13/h1-10H,(H,29,30)(H,25,27,32)/b16-10+. The number of carboxylic acid groups (broad SMARTS) is 1. The molecule has 1 saturated heterocycles. The van der Waals surface area contributed by atoms with Gasteiger partial charge in [-0.3, -0.25) is 19.8 Å². The van der Waals surface area contributed by atoms with Crippen molar-refractivity contribution >= 4 is 58.5 Å². The molecule has 32 heavy (non-hydrogen) atoms. The Balaban J connectivity index is 1.69. The van der Waals surface area contributed by atoms with E-state index in [-0.39, 0.29) is 38.5 Å². The fraction of sp³-hybridized carbons (Fsp3) is 0. The Labute approximate surface area is 190 Å². The Kier molecular flexibility index (Phi) is 5.60. The average Bonchev–Trinajstić information content (AvgIpc) is 3.21. The first-order valence-corrected chi connectivity index (χ1v) is 9.83. The van der Waals surface area contributed by atoms with E-state index in [1.54, 1.807) is 0 Å². The lowest BCUT2D eigenvalue weighted by Crippen LogP contribution is -2.54. The summed E-state index contributed by atoms with van der Waals surface area (Å²) in [5.74, 6) is -2.64. The molecular formula is C22H12ClFN2O5S. The average molecular weight is 471 g/mol. The van der Waals surface area contributed by atoms with E-state index >= 15 is 0 Å². The van der Waals surface area contributed by atoms with Crippen LogP contribution >= 0.6 is 23.8 Å². The summed E-state index contributed by atoms with van der Waals surface area (Å²) in [5, 5.41) is 11.7. The summed E-state index contributed by atoms with van der Waals surface area (Å²) in [6, 6.07) is 12.2. The number of amides is 2. The Morgan fingerprint density at radius 2 is 1.84 bits per heavy atom. The largest absolute Gasteiger partial charge is 0.478 e. The van der Waals surface area contributed by atoms with E-state index in [2.05, 4.69) is 5.32 Å². The van der Waals surface area contributed by atoms with E-state index in [0.717, 1.165) is 4.90 Å². The number of anilines is 1. The molecule has 4 rings (SSSR count). The van der Waals surface area contributed by atoms with Gasteiger partial charge in [0.25, 0.3) is 11.8 Å². The number of carbonyl (C=O) groups excluding carboxylic acids is 2. The number of rotatable bonds is 4. The molecule has 1 fully saturated rings. The van der Waals surface area contributed by atoms with Crippen LogP contribution in [0.5, 0.6) is 0 Å². The molecule has 1 aromatic heterocycles. The van der Waals surface area contributed by atoms with Gasteiger partial charge in [-0.2, -0.15) is 0 Å². The number of aromatic carboxylic acids is 1. The number of nitrogens with zero attached hydrogens (tertiary/aromatic N) is 1. The van der Waals surface area contributed by atoms with Crippen LogP contribution in [0, 0.1) is 5.82 Å². The highest BCUT2D eigenvalue weighted by Crippen LogP contribution is 2.31. The van der Waals surface area contributed by atoms with Crippen molar-refractivity contribution in [2.75, 3.05) is 4.90 Å². The highest BCUT2D eigenvalue weighted by molar-refractivity contribution is 7.80. The van der Waals surface area contributed by atoms with Crippen molar-refractivity contribution in [3.8, 4) is 11.3 Å². The molecule has 2 aromatic carbocycles. The predicted octanol–water partition coefficient (Wildman–Crippen LogP) is 4.27. The molecule has 10 heteroatoms. The van der Waals surface area contributed by atoms with Gasteiger partial charge in [0.05, 0.1) is 16.3 Å². The van der Waals surface area contributed by atoms with Gasteiger partial charge in [0.1, 0.15) is 22.9 Å². The van der Waals surface area contributed by atoms with E-state index in [1.807, 2.05) is 0 Å². The predicted molar refractivity (Wildman–Crippen MR) is 119 cm³/mol. The fourth-order valence-electron chi connectivity index (χ4n) is 3.05. The molecule has 160 valence electrons. The number of furan rings is 1. The monoisotopic (exact) mass is 470 g/mol. The quantitative estimate of drug-likeness (QED) is 0.335. The van der Waals surface area contributed by atoms with E-state index in [9.17, 15) is 23.9 Å². The molecule has 0 spiro atoms. The zero-order chi connectivity index (χ0) is 23.0. The van der Waals surface area contributed by atoms with Gasteiger partial charge in [0.2, 0.25) is 0 Å². The highest BCUT2D eigenvalue weighted by Gasteiger charge is 2.34. The maximum atomic E-state index is 13.2. The lowest BCUT2D eigenvalue weighted by molar-refractivity contribution is -0.122. The van der Waals surface area contributed by atoms with Crippen molar-refractivity contribution < 1.29 is 28.3 Å². The van der Waals surface area contributed by atoms with Gasteiger partial charge in [-0.05, 0) is 72.9 Å². The lowest BCUT2D eigenvalue weighted by Gasteiger charge is -2.28. The first-order valence-electron chi connectivity index (χ1n) is 9.04. The van der Waals surface area contributed by atoms with Gasteiger partial charge < -0.3 is 9.52 Å². The topological polar surface area (TPSA) is 99.9 Å². The second kappa shape index (κ2) is 8.37. The Bertz CT molecular complexity index is 1320. The van der Waals surface area contributed by atoms with Crippen molar-refractivity contribution in [1.29, 1.82) is 0 Å². The van der Waals surface area contributed by atoms with Crippen LogP contribution in [0.2, 0.25) is 5.02 Å². The first kappa shape index (κ1) is 21.4. The van der Waals surface area contributed by atoms with Gasteiger partial charge in [-0.15, -0.1) is 0 Å². The van der Waals surface area contributed by atoms with Crippen molar-refractivity contribution in [2.45, 2.75) is 0 Å². The van der Waals surface area contributed by atoms with E-state index in [1.165, 1.54) is 60.7 Å². The van der Waals surface area contributed by atoms with Crippen molar-refractivity contribution in [3.05, 3.63) is 82.3 Å². The third-order valence-electron chi connectivity index (χ3n) is 4.58. The molecule has 0 aliphatic carbocycles. The number of hydrogen-bond donors (Lipinski definition) is 2. The van der Waals surface area contributed by atoms with E-state index in [0.29, 0.717) is 5.56 Å². The number of carbonyl (C=O) groups is 3. The molecule has 2 amide bonds. The Hall–Kier alpha value is -3.82. The minimum atomic E-state index is -1.13. The zero-order valence-corrected chi connectivity index (χ0v) is 17.5. The van der Waals surface area contributed by atoms with Crippen LogP contribution in [0.4, 0.5) is 10.1 Å². The smallest absolute Gasteiger partial charge is 0.335 e. The van der Waals surface area contributed by atoms with Gasteiger partial charge in [0.15, 0.2) is 5.11 Å². The molecule has 3 aromatic rings. The van der Waals surface area contributed by atoms with Gasteiger partial charge >= 0.3 is 5.97 Å². The molecule has 0 bridgehead atoms. The van der Waals surface area contributed by atoms with Crippen LogP contribution in [-0.2, 0) is 9.59 Å². The third-order valence-corrected chi connectivity index (χ3v) is 5.19.